The highest BCUT2D eigenvalue weighted by molar-refractivity contribution is 5.42. The van der Waals surface area contributed by atoms with E-state index in [-0.39, 0.29) is 24.0 Å². The summed E-state index contributed by atoms with van der Waals surface area (Å²) in [5.41, 5.74) is 2.23. The molecule has 1 unspecified atom stereocenters. The van der Waals surface area contributed by atoms with Crippen molar-refractivity contribution in [2.24, 2.45) is 5.92 Å². The van der Waals surface area contributed by atoms with Gasteiger partial charge >= 0.3 is 0 Å². The molecule has 3 atom stereocenters. The van der Waals surface area contributed by atoms with E-state index in [4.69, 9.17) is 0 Å². The Morgan fingerprint density at radius 3 is 2.52 bits per heavy atom. The van der Waals surface area contributed by atoms with Crippen LogP contribution in [0.25, 0.3) is 0 Å². The van der Waals surface area contributed by atoms with Crippen molar-refractivity contribution in [3.63, 3.8) is 0 Å². The number of phenols is 1. The molecule has 1 aliphatic rings. The third kappa shape index (κ3) is 6.22. The number of hydrogen-bond donors (Lipinski definition) is 3. The summed E-state index contributed by atoms with van der Waals surface area (Å²) in [5, 5.41) is 30.2. The Morgan fingerprint density at radius 1 is 1.07 bits per heavy atom. The molecule has 0 aromatic heterocycles. The minimum absolute atomic E-state index is 0.0616. The van der Waals surface area contributed by atoms with Gasteiger partial charge in [-0.05, 0) is 73.0 Å². The summed E-state index contributed by atoms with van der Waals surface area (Å²) < 4.78 is 0. The van der Waals surface area contributed by atoms with Gasteiger partial charge in [0, 0.05) is 6.61 Å². The van der Waals surface area contributed by atoms with Crippen LogP contribution in [-0.2, 0) is 5.41 Å². The Bertz CT molecular complexity index is 565. The van der Waals surface area contributed by atoms with Gasteiger partial charge < -0.3 is 15.3 Å². The van der Waals surface area contributed by atoms with Gasteiger partial charge in [-0.15, -0.1) is 0 Å². The minimum atomic E-state index is -0.283. The van der Waals surface area contributed by atoms with E-state index in [9.17, 15) is 15.3 Å². The third-order valence-electron chi connectivity index (χ3n) is 6.57. The van der Waals surface area contributed by atoms with E-state index >= 15 is 0 Å². The van der Waals surface area contributed by atoms with Gasteiger partial charge in [0.2, 0.25) is 0 Å². The van der Waals surface area contributed by atoms with Crippen LogP contribution < -0.4 is 0 Å². The molecule has 2 rings (SSSR count). The fraction of sp³-hybridized carbons (Fsp3) is 0.750. The van der Waals surface area contributed by atoms with Crippen LogP contribution in [0, 0.1) is 5.92 Å². The molecule has 0 spiro atoms. The van der Waals surface area contributed by atoms with Crippen LogP contribution in [0.5, 0.6) is 5.75 Å². The van der Waals surface area contributed by atoms with Crippen LogP contribution in [0.15, 0.2) is 18.2 Å². The molecule has 154 valence electrons. The van der Waals surface area contributed by atoms with Crippen LogP contribution in [0.4, 0.5) is 0 Å². The molecular weight excluding hydrogens is 336 g/mol. The van der Waals surface area contributed by atoms with E-state index in [0.29, 0.717) is 18.1 Å². The molecule has 3 N–H and O–H groups in total. The maximum Gasteiger partial charge on any atom is 0.119 e. The summed E-state index contributed by atoms with van der Waals surface area (Å²) in [7, 11) is 0. The van der Waals surface area contributed by atoms with E-state index in [2.05, 4.69) is 32.9 Å². The minimum Gasteiger partial charge on any atom is -0.508 e. The molecule has 0 aliphatic heterocycles. The monoisotopic (exact) mass is 376 g/mol. The smallest absolute Gasteiger partial charge is 0.119 e. The number of aliphatic hydroxyl groups excluding tert-OH is 2. The molecule has 0 radical (unpaired) electrons. The highest BCUT2D eigenvalue weighted by Crippen LogP contribution is 2.44. The highest BCUT2D eigenvalue weighted by atomic mass is 16.3. The van der Waals surface area contributed by atoms with Crippen molar-refractivity contribution < 1.29 is 15.3 Å². The quantitative estimate of drug-likeness (QED) is 0.462. The SMILES string of the molecule is CCCCCCC(C)(C)c1ccc([C@@H]2CC(O)CC[C@H]2CCCO)c(O)c1. The number of aromatic hydroxyl groups is 1. The van der Waals surface area contributed by atoms with Gasteiger partial charge in [-0.1, -0.05) is 58.6 Å². The second-order valence-corrected chi connectivity index (χ2v) is 9.17. The number of aliphatic hydroxyl groups is 2. The van der Waals surface area contributed by atoms with Crippen LogP contribution >= 0.6 is 0 Å². The largest absolute Gasteiger partial charge is 0.508 e. The van der Waals surface area contributed by atoms with Crippen LogP contribution in [0.2, 0.25) is 0 Å². The van der Waals surface area contributed by atoms with Gasteiger partial charge in [0.05, 0.1) is 6.10 Å². The van der Waals surface area contributed by atoms with Gasteiger partial charge in [-0.3, -0.25) is 0 Å². The van der Waals surface area contributed by atoms with Crippen LogP contribution in [-0.4, -0.2) is 28.0 Å². The van der Waals surface area contributed by atoms with Gasteiger partial charge in [0.25, 0.3) is 0 Å². The van der Waals surface area contributed by atoms with E-state index < -0.39 is 0 Å². The van der Waals surface area contributed by atoms with Gasteiger partial charge in [-0.2, -0.15) is 0 Å². The maximum absolute atomic E-state index is 10.8. The lowest BCUT2D eigenvalue weighted by Gasteiger charge is -2.35. The summed E-state index contributed by atoms with van der Waals surface area (Å²) in [5.74, 6) is 0.989. The molecule has 0 saturated heterocycles. The van der Waals surface area contributed by atoms with E-state index in [1.165, 1.54) is 31.2 Å². The zero-order valence-electron chi connectivity index (χ0n) is 17.6. The van der Waals surface area contributed by atoms with Crippen molar-refractivity contribution in [3.8, 4) is 5.75 Å². The number of unbranched alkanes of at least 4 members (excludes halogenated alkanes) is 3. The Labute approximate surface area is 165 Å². The van der Waals surface area contributed by atoms with Crippen molar-refractivity contribution in [1.29, 1.82) is 0 Å². The Hall–Kier alpha value is -1.06. The summed E-state index contributed by atoms with van der Waals surface area (Å²) in [6, 6.07) is 6.23. The second kappa shape index (κ2) is 10.5. The molecule has 1 aliphatic carbocycles. The van der Waals surface area contributed by atoms with Crippen molar-refractivity contribution >= 4 is 0 Å². The predicted octanol–water partition coefficient (Wildman–Crippen LogP) is 5.66. The van der Waals surface area contributed by atoms with E-state index in [1.54, 1.807) is 0 Å². The fourth-order valence-electron chi connectivity index (χ4n) is 4.71. The predicted molar refractivity (Wildman–Crippen MR) is 112 cm³/mol. The molecular formula is C24H40O3. The molecule has 0 heterocycles. The number of rotatable bonds is 10. The Kier molecular flexibility index (Phi) is 8.62. The van der Waals surface area contributed by atoms with Crippen LogP contribution in [0.3, 0.4) is 0 Å². The van der Waals surface area contributed by atoms with Crippen molar-refractivity contribution in [3.05, 3.63) is 29.3 Å². The standard InChI is InChI=1S/C24H40O3/c1-4-5-6-7-14-24(2,3)19-11-13-21(23(27)16-19)22-17-20(26)12-10-18(22)9-8-15-25/h11,13,16,18,20,22,25-27H,4-10,12,14-15,17H2,1-3H3/t18-,20?,22-/m1/s1. The maximum atomic E-state index is 10.8. The normalized spacial score (nSPS) is 23.5. The molecule has 1 fully saturated rings. The van der Waals surface area contributed by atoms with Crippen molar-refractivity contribution in [2.75, 3.05) is 6.61 Å². The lowest BCUT2D eigenvalue weighted by molar-refractivity contribution is 0.0879. The zero-order valence-corrected chi connectivity index (χ0v) is 17.6. The molecule has 0 amide bonds. The summed E-state index contributed by atoms with van der Waals surface area (Å²) in [6.07, 6.45) is 10.1. The van der Waals surface area contributed by atoms with Crippen molar-refractivity contribution in [2.45, 2.75) is 102 Å². The summed E-state index contributed by atoms with van der Waals surface area (Å²) in [6.45, 7) is 6.98. The fourth-order valence-corrected chi connectivity index (χ4v) is 4.71. The molecule has 3 nitrogen and oxygen atoms in total. The third-order valence-corrected chi connectivity index (χ3v) is 6.57. The first-order valence-electron chi connectivity index (χ1n) is 11.0. The number of benzene rings is 1. The highest BCUT2D eigenvalue weighted by Gasteiger charge is 2.32. The van der Waals surface area contributed by atoms with Gasteiger partial charge in [-0.25, -0.2) is 0 Å². The molecule has 1 aromatic rings. The average Bonchev–Trinajstić information content (AvgIpc) is 2.64. The second-order valence-electron chi connectivity index (χ2n) is 9.17. The Morgan fingerprint density at radius 2 is 1.85 bits per heavy atom. The molecule has 1 saturated carbocycles. The zero-order chi connectivity index (χ0) is 19.9. The number of hydrogen-bond acceptors (Lipinski definition) is 3. The van der Waals surface area contributed by atoms with E-state index in [0.717, 1.165) is 37.7 Å². The first-order valence-corrected chi connectivity index (χ1v) is 11.0. The lowest BCUT2D eigenvalue weighted by Crippen LogP contribution is -2.27. The molecule has 1 aromatic carbocycles. The molecule has 27 heavy (non-hydrogen) atoms. The molecule has 3 heteroatoms. The molecule has 0 bridgehead atoms. The summed E-state index contributed by atoms with van der Waals surface area (Å²) in [4.78, 5) is 0. The number of phenolic OH excluding ortho intramolecular Hbond substituents is 1. The van der Waals surface area contributed by atoms with Gasteiger partial charge in [0.1, 0.15) is 5.75 Å². The van der Waals surface area contributed by atoms with Crippen molar-refractivity contribution in [1.82, 2.24) is 0 Å². The van der Waals surface area contributed by atoms with E-state index in [1.807, 2.05) is 6.07 Å². The van der Waals surface area contributed by atoms with Gasteiger partial charge in [0.15, 0.2) is 0 Å². The first-order chi connectivity index (χ1) is 12.9. The topological polar surface area (TPSA) is 60.7 Å². The van der Waals surface area contributed by atoms with Crippen LogP contribution in [0.1, 0.15) is 102 Å². The first kappa shape index (κ1) is 22.2. The summed E-state index contributed by atoms with van der Waals surface area (Å²) >= 11 is 0. The Balaban J connectivity index is 2.13. The lowest BCUT2D eigenvalue weighted by atomic mass is 9.71. The average molecular weight is 377 g/mol.